The number of nitrogens with zero attached hydrogens (tertiary/aromatic N) is 1. The van der Waals surface area contributed by atoms with Gasteiger partial charge in [-0.15, -0.1) is 0 Å². The lowest BCUT2D eigenvalue weighted by Gasteiger charge is -2.17. The fraction of sp³-hybridized carbons (Fsp3) is 0.400. The van der Waals surface area contributed by atoms with Crippen LogP contribution in [-0.4, -0.2) is 53.8 Å². The van der Waals surface area contributed by atoms with E-state index in [0.717, 1.165) is 25.1 Å². The number of anilines is 1. The molecule has 1 aliphatic heterocycles. The Morgan fingerprint density at radius 2 is 1.79 bits per heavy atom. The van der Waals surface area contributed by atoms with Crippen molar-refractivity contribution in [2.24, 2.45) is 0 Å². The van der Waals surface area contributed by atoms with Gasteiger partial charge in [0.2, 0.25) is 0 Å². The zero-order valence-corrected chi connectivity index (χ0v) is 18.4. The summed E-state index contributed by atoms with van der Waals surface area (Å²) in [6.07, 6.45) is 1.03. The zero-order chi connectivity index (χ0) is 21.2. The first kappa shape index (κ1) is 21.5. The highest BCUT2D eigenvalue weighted by molar-refractivity contribution is 7.92. The van der Waals surface area contributed by atoms with E-state index in [4.69, 9.17) is 25.8 Å². The minimum Gasteiger partial charge on any atom is -0.493 e. The Hall–Kier alpha value is -2.16. The van der Waals surface area contributed by atoms with Gasteiger partial charge in [0, 0.05) is 31.3 Å². The molecular formula is C20H25ClN2O5S. The van der Waals surface area contributed by atoms with Crippen LogP contribution >= 0.6 is 11.6 Å². The van der Waals surface area contributed by atoms with Crippen molar-refractivity contribution in [1.82, 2.24) is 4.90 Å². The van der Waals surface area contributed by atoms with Crippen molar-refractivity contribution in [3.63, 3.8) is 0 Å². The van der Waals surface area contributed by atoms with Crippen LogP contribution in [-0.2, 0) is 10.0 Å². The highest BCUT2D eigenvalue weighted by atomic mass is 35.5. The maximum Gasteiger partial charge on any atom is 0.263 e. The van der Waals surface area contributed by atoms with E-state index in [1.54, 1.807) is 12.1 Å². The normalized spacial score (nSPS) is 17.2. The summed E-state index contributed by atoms with van der Waals surface area (Å²) in [5, 5.41) is 0.0349. The number of nitrogens with one attached hydrogen (secondary N) is 1. The Morgan fingerprint density at radius 1 is 1.10 bits per heavy atom. The fourth-order valence-electron chi connectivity index (χ4n) is 3.21. The summed E-state index contributed by atoms with van der Waals surface area (Å²) in [4.78, 5) is 2.10. The van der Waals surface area contributed by atoms with E-state index in [2.05, 4.69) is 9.62 Å². The van der Waals surface area contributed by atoms with Crippen molar-refractivity contribution in [2.45, 2.75) is 24.3 Å². The first-order chi connectivity index (χ1) is 13.7. The van der Waals surface area contributed by atoms with E-state index in [-0.39, 0.29) is 21.8 Å². The first-order valence-corrected chi connectivity index (χ1v) is 11.0. The Bertz CT molecular complexity index is 997. The first-order valence-electron chi connectivity index (χ1n) is 9.13. The number of halogens is 1. The number of likely N-dealkylation sites (N-methyl/N-ethyl adjacent to an activating group) is 1. The van der Waals surface area contributed by atoms with Gasteiger partial charge in [-0.05, 0) is 32.0 Å². The third kappa shape index (κ3) is 4.88. The quantitative estimate of drug-likeness (QED) is 0.709. The summed E-state index contributed by atoms with van der Waals surface area (Å²) in [5.41, 5.74) is 1.33. The largest absolute Gasteiger partial charge is 0.493 e. The molecule has 0 spiro atoms. The van der Waals surface area contributed by atoms with Gasteiger partial charge in [-0.2, -0.15) is 0 Å². The lowest BCUT2D eigenvalue weighted by molar-refractivity contribution is 0.207. The number of aryl methyl sites for hydroxylation is 1. The number of methoxy groups -OCH3 is 2. The standard InChI is InChI=1S/C20H25ClN2O5S/c1-13-5-6-14(9-17(13)28-15-7-8-23(2)12-15)22-29(24,25)20-11-19(27-4)18(26-3)10-16(20)21/h5-6,9-11,15,22H,7-8,12H2,1-4H3/t15-/m1/s1. The second-order valence-corrected chi connectivity index (χ2v) is 9.07. The molecule has 1 heterocycles. The fourth-order valence-corrected chi connectivity index (χ4v) is 4.80. The van der Waals surface area contributed by atoms with Gasteiger partial charge in [0.15, 0.2) is 11.5 Å². The lowest BCUT2D eigenvalue weighted by Crippen LogP contribution is -2.21. The summed E-state index contributed by atoms with van der Waals surface area (Å²) in [5.74, 6) is 1.28. The predicted octanol–water partition coefficient (Wildman–Crippen LogP) is 3.55. The van der Waals surface area contributed by atoms with Crippen LogP contribution in [0.15, 0.2) is 35.2 Å². The number of benzene rings is 2. The van der Waals surface area contributed by atoms with Gasteiger partial charge in [0.1, 0.15) is 16.7 Å². The van der Waals surface area contributed by atoms with Crippen molar-refractivity contribution in [3.05, 3.63) is 40.9 Å². The van der Waals surface area contributed by atoms with Crippen LogP contribution in [0.4, 0.5) is 5.69 Å². The second-order valence-electron chi connectivity index (χ2n) is 7.01. The minimum atomic E-state index is -3.95. The van der Waals surface area contributed by atoms with Gasteiger partial charge in [-0.1, -0.05) is 17.7 Å². The molecule has 9 heteroatoms. The third-order valence-corrected chi connectivity index (χ3v) is 6.66. The summed E-state index contributed by atoms with van der Waals surface area (Å²) in [7, 11) is 0.986. The number of ether oxygens (including phenoxy) is 3. The molecule has 3 rings (SSSR count). The van der Waals surface area contributed by atoms with E-state index in [1.165, 1.54) is 26.4 Å². The molecule has 0 bridgehead atoms. The molecule has 1 atom stereocenters. The van der Waals surface area contributed by atoms with E-state index in [9.17, 15) is 8.42 Å². The topological polar surface area (TPSA) is 77.1 Å². The number of rotatable bonds is 7. The molecule has 0 radical (unpaired) electrons. The molecule has 0 unspecified atom stereocenters. The monoisotopic (exact) mass is 440 g/mol. The maximum atomic E-state index is 12.9. The highest BCUT2D eigenvalue weighted by Gasteiger charge is 2.24. The van der Waals surface area contributed by atoms with Gasteiger partial charge in [-0.25, -0.2) is 8.42 Å². The van der Waals surface area contributed by atoms with Crippen LogP contribution in [0.25, 0.3) is 0 Å². The van der Waals surface area contributed by atoms with Crippen LogP contribution in [0.3, 0.4) is 0 Å². The molecule has 1 N–H and O–H groups in total. The van der Waals surface area contributed by atoms with Crippen molar-refractivity contribution in [3.8, 4) is 17.2 Å². The molecule has 1 aliphatic rings. The van der Waals surface area contributed by atoms with Crippen LogP contribution < -0.4 is 18.9 Å². The molecule has 0 saturated carbocycles. The van der Waals surface area contributed by atoms with Crippen LogP contribution in [0.5, 0.6) is 17.2 Å². The molecule has 29 heavy (non-hydrogen) atoms. The molecule has 2 aromatic carbocycles. The summed E-state index contributed by atoms with van der Waals surface area (Å²) in [6.45, 7) is 3.75. The van der Waals surface area contributed by atoms with E-state index in [1.807, 2.05) is 20.0 Å². The van der Waals surface area contributed by atoms with Gasteiger partial charge < -0.3 is 19.1 Å². The number of hydrogen-bond donors (Lipinski definition) is 1. The number of sulfonamides is 1. The highest BCUT2D eigenvalue weighted by Crippen LogP contribution is 2.36. The average Bonchev–Trinajstić information content (AvgIpc) is 3.08. The predicted molar refractivity (Wildman–Crippen MR) is 113 cm³/mol. The molecule has 0 aromatic heterocycles. The Labute approximate surface area is 176 Å². The van der Waals surface area contributed by atoms with Crippen LogP contribution in [0, 0.1) is 6.92 Å². The Kier molecular flexibility index (Phi) is 6.45. The van der Waals surface area contributed by atoms with E-state index >= 15 is 0 Å². The maximum absolute atomic E-state index is 12.9. The van der Waals surface area contributed by atoms with Crippen LogP contribution in [0.1, 0.15) is 12.0 Å². The van der Waals surface area contributed by atoms with E-state index in [0.29, 0.717) is 17.2 Å². The summed E-state index contributed by atoms with van der Waals surface area (Å²) in [6, 6.07) is 7.95. The molecule has 1 saturated heterocycles. The van der Waals surface area contributed by atoms with Crippen molar-refractivity contribution in [1.29, 1.82) is 0 Å². The van der Waals surface area contributed by atoms with Crippen molar-refractivity contribution < 1.29 is 22.6 Å². The SMILES string of the molecule is COc1cc(Cl)c(S(=O)(=O)Nc2ccc(C)c(O[C@@H]3CCN(C)C3)c2)cc1OC. The van der Waals surface area contributed by atoms with Crippen molar-refractivity contribution >= 4 is 27.3 Å². The average molecular weight is 441 g/mol. The molecule has 7 nitrogen and oxygen atoms in total. The zero-order valence-electron chi connectivity index (χ0n) is 16.9. The van der Waals surface area contributed by atoms with Gasteiger partial charge >= 0.3 is 0 Å². The molecular weight excluding hydrogens is 416 g/mol. The van der Waals surface area contributed by atoms with Crippen LogP contribution in [0.2, 0.25) is 5.02 Å². The molecule has 1 fully saturated rings. The number of likely N-dealkylation sites (tertiary alicyclic amines) is 1. The third-order valence-electron chi connectivity index (χ3n) is 4.81. The van der Waals surface area contributed by atoms with Gasteiger partial charge in [0.05, 0.1) is 24.9 Å². The molecule has 0 aliphatic carbocycles. The Balaban J connectivity index is 1.86. The van der Waals surface area contributed by atoms with E-state index < -0.39 is 10.0 Å². The van der Waals surface area contributed by atoms with Crippen molar-refractivity contribution in [2.75, 3.05) is 39.1 Å². The number of hydrogen-bond acceptors (Lipinski definition) is 6. The molecule has 158 valence electrons. The summed E-state index contributed by atoms with van der Waals surface area (Å²) < 4.78 is 44.9. The molecule has 2 aromatic rings. The second kappa shape index (κ2) is 8.69. The minimum absolute atomic E-state index is 0.0349. The molecule has 0 amide bonds. The summed E-state index contributed by atoms with van der Waals surface area (Å²) >= 11 is 6.19. The smallest absolute Gasteiger partial charge is 0.263 e. The Morgan fingerprint density at radius 3 is 2.41 bits per heavy atom. The van der Waals surface area contributed by atoms with Gasteiger partial charge in [0.25, 0.3) is 10.0 Å². The lowest BCUT2D eigenvalue weighted by atomic mass is 10.2. The van der Waals surface area contributed by atoms with Gasteiger partial charge in [-0.3, -0.25) is 4.72 Å².